The molecule has 0 radical (unpaired) electrons. The van der Waals surface area contributed by atoms with Gasteiger partial charge in [0.2, 0.25) is 0 Å². The molecule has 154 valence electrons. The molecule has 1 unspecified atom stereocenters. The zero-order valence-electron chi connectivity index (χ0n) is 17.0. The van der Waals surface area contributed by atoms with Crippen molar-refractivity contribution in [2.75, 3.05) is 26.2 Å². The average molecular weight is 395 g/mol. The van der Waals surface area contributed by atoms with E-state index in [4.69, 9.17) is 0 Å². The van der Waals surface area contributed by atoms with E-state index in [1.54, 1.807) is 6.33 Å². The maximum atomic E-state index is 12.9. The normalized spacial score (nSPS) is 23.9. The van der Waals surface area contributed by atoms with Gasteiger partial charge in [0.1, 0.15) is 12.2 Å². The van der Waals surface area contributed by atoms with Crippen LogP contribution in [0, 0.1) is 5.41 Å². The number of nitrogens with zero attached hydrogens (tertiary/aromatic N) is 5. The van der Waals surface area contributed by atoms with Crippen molar-refractivity contribution in [2.45, 2.75) is 51.2 Å². The number of hydrogen-bond acceptors (Lipinski definition) is 4. The monoisotopic (exact) mass is 394 g/mol. The standard InChI is InChI=1S/C22H30N6O/c29-21(25-19-6-7-20-23-17-24-28(20)15-19)27-13-10-22(16-27)8-11-26(12-9-22)14-18-4-2-1-3-5-18/h1-5,17,19H,6-16H2,(H,25,29). The van der Waals surface area contributed by atoms with Crippen LogP contribution in [-0.4, -0.2) is 62.8 Å². The molecule has 1 spiro atoms. The number of carbonyl (C=O) groups is 1. The Hall–Kier alpha value is -2.41. The molecule has 29 heavy (non-hydrogen) atoms. The number of likely N-dealkylation sites (tertiary alicyclic amines) is 2. The molecular weight excluding hydrogens is 364 g/mol. The minimum atomic E-state index is 0.0992. The summed E-state index contributed by atoms with van der Waals surface area (Å²) < 4.78 is 1.92. The van der Waals surface area contributed by atoms with Gasteiger partial charge in [0, 0.05) is 26.1 Å². The summed E-state index contributed by atoms with van der Waals surface area (Å²) in [5.41, 5.74) is 1.70. The van der Waals surface area contributed by atoms with Crippen molar-refractivity contribution in [2.24, 2.45) is 5.41 Å². The Morgan fingerprint density at radius 2 is 1.93 bits per heavy atom. The molecule has 2 aromatic rings. The van der Waals surface area contributed by atoms with Gasteiger partial charge in [-0.25, -0.2) is 14.5 Å². The van der Waals surface area contributed by atoms with Crippen molar-refractivity contribution >= 4 is 6.03 Å². The Kier molecular flexibility index (Phi) is 4.99. The van der Waals surface area contributed by atoms with Crippen molar-refractivity contribution in [3.63, 3.8) is 0 Å². The van der Waals surface area contributed by atoms with Crippen molar-refractivity contribution in [3.8, 4) is 0 Å². The number of fused-ring (bicyclic) bond motifs is 1. The van der Waals surface area contributed by atoms with E-state index in [1.807, 2.05) is 9.58 Å². The molecule has 3 aliphatic heterocycles. The number of amides is 2. The first kappa shape index (κ1) is 18.6. The molecule has 1 atom stereocenters. The first-order chi connectivity index (χ1) is 14.2. The smallest absolute Gasteiger partial charge is 0.317 e. The zero-order chi connectivity index (χ0) is 19.7. The number of nitrogens with one attached hydrogen (secondary N) is 1. The molecule has 0 aliphatic carbocycles. The number of aryl methyl sites for hydroxylation is 1. The molecule has 2 saturated heterocycles. The van der Waals surface area contributed by atoms with Gasteiger partial charge in [-0.15, -0.1) is 0 Å². The van der Waals surface area contributed by atoms with Gasteiger partial charge in [0.15, 0.2) is 0 Å². The Bertz CT molecular complexity index is 842. The van der Waals surface area contributed by atoms with Crippen LogP contribution in [-0.2, 0) is 19.5 Å². The first-order valence-electron chi connectivity index (χ1n) is 10.9. The second-order valence-electron chi connectivity index (χ2n) is 8.98. The van der Waals surface area contributed by atoms with Crippen molar-refractivity contribution in [1.82, 2.24) is 29.9 Å². The summed E-state index contributed by atoms with van der Waals surface area (Å²) in [6.45, 7) is 5.80. The van der Waals surface area contributed by atoms with Crippen molar-refractivity contribution < 1.29 is 4.79 Å². The lowest BCUT2D eigenvalue weighted by Crippen LogP contribution is -2.48. The predicted octanol–water partition coefficient (Wildman–Crippen LogP) is 2.29. The predicted molar refractivity (Wildman–Crippen MR) is 110 cm³/mol. The number of piperidine rings is 1. The molecule has 4 heterocycles. The number of benzene rings is 1. The second-order valence-corrected chi connectivity index (χ2v) is 8.98. The first-order valence-corrected chi connectivity index (χ1v) is 10.9. The number of aromatic nitrogens is 3. The lowest BCUT2D eigenvalue weighted by molar-refractivity contribution is 0.104. The summed E-state index contributed by atoms with van der Waals surface area (Å²) in [7, 11) is 0. The third kappa shape index (κ3) is 4.01. The van der Waals surface area contributed by atoms with Crippen LogP contribution in [0.15, 0.2) is 36.7 Å². The van der Waals surface area contributed by atoms with Crippen LogP contribution in [0.25, 0.3) is 0 Å². The van der Waals surface area contributed by atoms with Crippen LogP contribution in [0.2, 0.25) is 0 Å². The van der Waals surface area contributed by atoms with Gasteiger partial charge in [0.25, 0.3) is 0 Å². The fourth-order valence-corrected chi connectivity index (χ4v) is 5.16. The van der Waals surface area contributed by atoms with Gasteiger partial charge in [-0.2, -0.15) is 5.10 Å². The quantitative estimate of drug-likeness (QED) is 0.868. The SMILES string of the molecule is O=C(NC1CCc2ncnn2C1)N1CCC2(CCN(Cc3ccccc3)CC2)C1. The summed E-state index contributed by atoms with van der Waals surface area (Å²) in [5, 5.41) is 7.50. The van der Waals surface area contributed by atoms with Gasteiger partial charge in [-0.3, -0.25) is 4.90 Å². The Balaban J connectivity index is 1.11. The summed E-state index contributed by atoms with van der Waals surface area (Å²) in [5.74, 6) is 1.03. The van der Waals surface area contributed by atoms with Crippen LogP contribution < -0.4 is 5.32 Å². The van der Waals surface area contributed by atoms with E-state index in [-0.39, 0.29) is 12.1 Å². The Labute approximate surface area is 172 Å². The van der Waals surface area contributed by atoms with Gasteiger partial charge >= 0.3 is 6.03 Å². The van der Waals surface area contributed by atoms with Gasteiger partial charge in [-0.1, -0.05) is 30.3 Å². The van der Waals surface area contributed by atoms with Crippen molar-refractivity contribution in [3.05, 3.63) is 48.0 Å². The minimum absolute atomic E-state index is 0.0992. The zero-order valence-corrected chi connectivity index (χ0v) is 17.0. The number of hydrogen-bond donors (Lipinski definition) is 1. The average Bonchev–Trinajstić information content (AvgIpc) is 3.38. The third-order valence-electron chi connectivity index (χ3n) is 7.02. The van der Waals surface area contributed by atoms with Gasteiger partial charge in [0.05, 0.1) is 12.6 Å². The van der Waals surface area contributed by atoms with E-state index >= 15 is 0 Å². The molecule has 7 nitrogen and oxygen atoms in total. The van der Waals surface area contributed by atoms with Crippen molar-refractivity contribution in [1.29, 1.82) is 0 Å². The molecule has 3 aliphatic rings. The lowest BCUT2D eigenvalue weighted by atomic mass is 9.77. The number of rotatable bonds is 3. The third-order valence-corrected chi connectivity index (χ3v) is 7.02. The summed E-state index contributed by atoms with van der Waals surface area (Å²) in [6, 6.07) is 11.0. The van der Waals surface area contributed by atoms with E-state index in [2.05, 4.69) is 50.6 Å². The van der Waals surface area contributed by atoms with E-state index in [9.17, 15) is 4.79 Å². The van der Waals surface area contributed by atoms with E-state index < -0.39 is 0 Å². The Morgan fingerprint density at radius 1 is 1.14 bits per heavy atom. The van der Waals surface area contributed by atoms with Crippen LogP contribution in [0.3, 0.4) is 0 Å². The largest absolute Gasteiger partial charge is 0.333 e. The molecule has 1 aromatic heterocycles. The van der Waals surface area contributed by atoms with E-state index in [0.717, 1.165) is 64.4 Å². The molecule has 1 N–H and O–H groups in total. The highest BCUT2D eigenvalue weighted by Crippen LogP contribution is 2.40. The summed E-state index contributed by atoms with van der Waals surface area (Å²) in [4.78, 5) is 21.7. The Morgan fingerprint density at radius 3 is 2.76 bits per heavy atom. The van der Waals surface area contributed by atoms with E-state index in [1.165, 1.54) is 18.4 Å². The highest BCUT2D eigenvalue weighted by atomic mass is 16.2. The van der Waals surface area contributed by atoms with Crippen LogP contribution in [0.5, 0.6) is 0 Å². The number of urea groups is 1. The van der Waals surface area contributed by atoms with Crippen LogP contribution in [0.1, 0.15) is 37.1 Å². The second kappa shape index (κ2) is 7.78. The maximum absolute atomic E-state index is 12.9. The molecule has 0 bridgehead atoms. The molecule has 0 saturated carbocycles. The van der Waals surface area contributed by atoms with Gasteiger partial charge in [-0.05, 0) is 49.8 Å². The molecule has 2 amide bonds. The molecule has 2 fully saturated rings. The molecular formula is C22H30N6O. The molecule has 5 rings (SSSR count). The number of carbonyl (C=O) groups excluding carboxylic acids is 1. The fourth-order valence-electron chi connectivity index (χ4n) is 5.16. The van der Waals surface area contributed by atoms with Crippen LogP contribution >= 0.6 is 0 Å². The summed E-state index contributed by atoms with van der Waals surface area (Å²) in [6.07, 6.45) is 6.94. The van der Waals surface area contributed by atoms with Gasteiger partial charge < -0.3 is 10.2 Å². The minimum Gasteiger partial charge on any atom is -0.333 e. The highest BCUT2D eigenvalue weighted by Gasteiger charge is 2.42. The molecule has 7 heteroatoms. The fraction of sp³-hybridized carbons (Fsp3) is 0.591. The topological polar surface area (TPSA) is 66.3 Å². The van der Waals surface area contributed by atoms with Crippen LogP contribution in [0.4, 0.5) is 4.79 Å². The van der Waals surface area contributed by atoms with E-state index in [0.29, 0.717) is 5.41 Å². The maximum Gasteiger partial charge on any atom is 0.317 e. The summed E-state index contributed by atoms with van der Waals surface area (Å²) >= 11 is 0. The lowest BCUT2D eigenvalue weighted by Gasteiger charge is -2.39. The molecule has 1 aromatic carbocycles. The highest BCUT2D eigenvalue weighted by molar-refractivity contribution is 5.75.